The molecular formula is C19H28FN3O. The molecule has 0 spiro atoms. The lowest BCUT2D eigenvalue weighted by atomic mass is 9.95. The van der Waals surface area contributed by atoms with Gasteiger partial charge in [0.1, 0.15) is 5.82 Å². The van der Waals surface area contributed by atoms with Gasteiger partial charge in [-0.1, -0.05) is 31.0 Å². The average Bonchev–Trinajstić information content (AvgIpc) is 3.24. The number of nitrogens with one attached hydrogen (secondary N) is 2. The minimum atomic E-state index is -0.648. The van der Waals surface area contributed by atoms with Gasteiger partial charge in [0.05, 0.1) is 12.1 Å². The molecule has 0 aliphatic heterocycles. The number of halogens is 1. The number of benzene rings is 1. The molecule has 5 heteroatoms. The fourth-order valence-corrected chi connectivity index (χ4v) is 3.60. The molecule has 24 heavy (non-hydrogen) atoms. The van der Waals surface area contributed by atoms with Crippen LogP contribution in [0.25, 0.3) is 0 Å². The molecule has 0 unspecified atom stereocenters. The van der Waals surface area contributed by atoms with E-state index in [0.29, 0.717) is 19.0 Å². The molecular weight excluding hydrogens is 305 g/mol. The van der Waals surface area contributed by atoms with Crippen LogP contribution in [0.2, 0.25) is 0 Å². The minimum Gasteiger partial charge on any atom is -0.388 e. The van der Waals surface area contributed by atoms with Crippen molar-refractivity contribution in [2.75, 3.05) is 19.6 Å². The van der Waals surface area contributed by atoms with Crippen LogP contribution in [0.15, 0.2) is 29.3 Å². The lowest BCUT2D eigenvalue weighted by Gasteiger charge is -2.22. The molecule has 3 rings (SSSR count). The Morgan fingerprint density at radius 3 is 2.50 bits per heavy atom. The highest BCUT2D eigenvalue weighted by molar-refractivity contribution is 5.80. The molecule has 3 N–H and O–H groups in total. The van der Waals surface area contributed by atoms with Crippen molar-refractivity contribution in [1.29, 1.82) is 0 Å². The van der Waals surface area contributed by atoms with Crippen LogP contribution in [-0.4, -0.2) is 36.3 Å². The highest BCUT2D eigenvalue weighted by Crippen LogP contribution is 2.48. The first kappa shape index (κ1) is 17.2. The molecule has 2 fully saturated rings. The van der Waals surface area contributed by atoms with Gasteiger partial charge in [-0.2, -0.15) is 0 Å². The minimum absolute atomic E-state index is 0.119. The summed E-state index contributed by atoms with van der Waals surface area (Å²) in [4.78, 5) is 4.56. The van der Waals surface area contributed by atoms with E-state index in [2.05, 4.69) is 15.6 Å². The standard InChI is InChI=1S/C19H28FN3O/c1-2-21-17(23-14-19(24)9-5-6-10-19)22-13-18(11-12-18)15-7-3-4-8-16(15)20/h3-4,7-8,24H,2,5-6,9-14H2,1H3,(H2,21,22,23). The zero-order valence-corrected chi connectivity index (χ0v) is 14.4. The van der Waals surface area contributed by atoms with Gasteiger partial charge in [0.2, 0.25) is 0 Å². The van der Waals surface area contributed by atoms with Gasteiger partial charge < -0.3 is 15.7 Å². The predicted octanol–water partition coefficient (Wildman–Crippen LogP) is 2.72. The third kappa shape index (κ3) is 3.89. The van der Waals surface area contributed by atoms with Crippen LogP contribution in [0.3, 0.4) is 0 Å². The topological polar surface area (TPSA) is 56.7 Å². The molecule has 0 radical (unpaired) electrons. The summed E-state index contributed by atoms with van der Waals surface area (Å²) in [5, 5.41) is 17.0. The van der Waals surface area contributed by atoms with Crippen molar-refractivity contribution >= 4 is 5.96 Å². The van der Waals surface area contributed by atoms with Crippen LogP contribution in [0.1, 0.15) is 51.0 Å². The molecule has 1 aromatic carbocycles. The smallest absolute Gasteiger partial charge is 0.191 e. The number of aliphatic hydroxyl groups is 1. The fourth-order valence-electron chi connectivity index (χ4n) is 3.60. The number of rotatable bonds is 6. The number of guanidine groups is 1. The van der Waals surface area contributed by atoms with E-state index in [4.69, 9.17) is 0 Å². The molecule has 132 valence electrons. The van der Waals surface area contributed by atoms with Crippen LogP contribution in [0, 0.1) is 5.82 Å². The van der Waals surface area contributed by atoms with Crippen LogP contribution in [-0.2, 0) is 5.41 Å². The highest BCUT2D eigenvalue weighted by Gasteiger charge is 2.45. The van der Waals surface area contributed by atoms with Crippen molar-refractivity contribution in [1.82, 2.24) is 10.6 Å². The number of hydrogen-bond donors (Lipinski definition) is 3. The van der Waals surface area contributed by atoms with E-state index >= 15 is 0 Å². The van der Waals surface area contributed by atoms with Crippen LogP contribution >= 0.6 is 0 Å². The van der Waals surface area contributed by atoms with E-state index in [1.165, 1.54) is 6.07 Å². The SMILES string of the molecule is CCNC(=NCC1(O)CCCC1)NCC1(c2ccccc2F)CC1. The van der Waals surface area contributed by atoms with Crippen LogP contribution in [0.4, 0.5) is 4.39 Å². The van der Waals surface area contributed by atoms with Crippen molar-refractivity contribution in [2.24, 2.45) is 4.99 Å². The summed E-state index contributed by atoms with van der Waals surface area (Å²) >= 11 is 0. The first-order chi connectivity index (χ1) is 11.6. The molecule has 2 aliphatic carbocycles. The van der Waals surface area contributed by atoms with Gasteiger partial charge >= 0.3 is 0 Å². The quantitative estimate of drug-likeness (QED) is 0.554. The van der Waals surface area contributed by atoms with Crippen LogP contribution < -0.4 is 10.6 Å². The molecule has 0 saturated heterocycles. The van der Waals surface area contributed by atoms with Gasteiger partial charge in [0, 0.05) is 18.5 Å². The van der Waals surface area contributed by atoms with Gasteiger partial charge in [-0.15, -0.1) is 0 Å². The van der Waals surface area contributed by atoms with Gasteiger partial charge in [-0.25, -0.2) is 4.39 Å². The zero-order chi connectivity index (χ0) is 17.0. The summed E-state index contributed by atoms with van der Waals surface area (Å²) in [6.07, 6.45) is 5.79. The Hall–Kier alpha value is -1.62. The Labute approximate surface area is 143 Å². The summed E-state index contributed by atoms with van der Waals surface area (Å²) in [7, 11) is 0. The van der Waals surface area contributed by atoms with Gasteiger partial charge in [0.15, 0.2) is 5.96 Å². The maximum Gasteiger partial charge on any atom is 0.191 e. The predicted molar refractivity (Wildman–Crippen MR) is 94.7 cm³/mol. The Balaban J connectivity index is 1.63. The Bertz CT molecular complexity index is 592. The van der Waals surface area contributed by atoms with E-state index in [-0.39, 0.29) is 11.2 Å². The lowest BCUT2D eigenvalue weighted by molar-refractivity contribution is 0.0574. The normalized spacial score (nSPS) is 21.5. The number of nitrogens with zero attached hydrogens (tertiary/aromatic N) is 1. The van der Waals surface area contributed by atoms with Crippen LogP contribution in [0.5, 0.6) is 0 Å². The second kappa shape index (κ2) is 7.09. The van der Waals surface area contributed by atoms with E-state index in [1.54, 1.807) is 6.07 Å². The summed E-state index contributed by atoms with van der Waals surface area (Å²) in [6.45, 7) is 3.87. The van der Waals surface area contributed by atoms with E-state index < -0.39 is 5.60 Å². The molecule has 0 amide bonds. The second-order valence-corrected chi connectivity index (χ2v) is 7.24. The molecule has 0 atom stereocenters. The van der Waals surface area contributed by atoms with Gasteiger partial charge in [-0.3, -0.25) is 4.99 Å². The molecule has 2 saturated carbocycles. The first-order valence-electron chi connectivity index (χ1n) is 9.07. The number of aliphatic imine (C=N–C) groups is 1. The van der Waals surface area contributed by atoms with E-state index in [0.717, 1.165) is 50.6 Å². The summed E-state index contributed by atoms with van der Waals surface area (Å²) in [5.74, 6) is 0.583. The maximum atomic E-state index is 14.1. The third-order valence-electron chi connectivity index (χ3n) is 5.30. The van der Waals surface area contributed by atoms with Crippen molar-refractivity contribution in [3.05, 3.63) is 35.6 Å². The summed E-state index contributed by atoms with van der Waals surface area (Å²) in [6, 6.07) is 7.04. The average molecular weight is 333 g/mol. The van der Waals surface area contributed by atoms with Crippen molar-refractivity contribution in [3.8, 4) is 0 Å². The monoisotopic (exact) mass is 333 g/mol. The Kier molecular flexibility index (Phi) is 5.09. The molecule has 0 aromatic heterocycles. The van der Waals surface area contributed by atoms with E-state index in [1.807, 2.05) is 19.1 Å². The Morgan fingerprint density at radius 2 is 1.88 bits per heavy atom. The largest absolute Gasteiger partial charge is 0.388 e. The summed E-state index contributed by atoms with van der Waals surface area (Å²) in [5.41, 5.74) is 0.0273. The maximum absolute atomic E-state index is 14.1. The van der Waals surface area contributed by atoms with E-state index in [9.17, 15) is 9.50 Å². The number of hydrogen-bond acceptors (Lipinski definition) is 2. The van der Waals surface area contributed by atoms with Crippen molar-refractivity contribution in [3.63, 3.8) is 0 Å². The van der Waals surface area contributed by atoms with Gasteiger partial charge in [0.25, 0.3) is 0 Å². The van der Waals surface area contributed by atoms with Crippen molar-refractivity contribution in [2.45, 2.75) is 56.5 Å². The molecule has 0 bridgehead atoms. The van der Waals surface area contributed by atoms with Gasteiger partial charge in [-0.05, 0) is 44.2 Å². The molecule has 1 aromatic rings. The van der Waals surface area contributed by atoms with Crippen molar-refractivity contribution < 1.29 is 9.50 Å². The molecule has 2 aliphatic rings. The fraction of sp³-hybridized carbons (Fsp3) is 0.632. The summed E-state index contributed by atoms with van der Waals surface area (Å²) < 4.78 is 14.1. The second-order valence-electron chi connectivity index (χ2n) is 7.24. The highest BCUT2D eigenvalue weighted by atomic mass is 19.1. The lowest BCUT2D eigenvalue weighted by Crippen LogP contribution is -2.42. The third-order valence-corrected chi connectivity index (χ3v) is 5.30. The molecule has 0 heterocycles. The first-order valence-corrected chi connectivity index (χ1v) is 9.07. The Morgan fingerprint density at radius 1 is 1.17 bits per heavy atom. The molecule has 4 nitrogen and oxygen atoms in total. The zero-order valence-electron chi connectivity index (χ0n) is 14.4.